The van der Waals surface area contributed by atoms with Gasteiger partial charge in [-0.15, -0.1) is 11.8 Å². The molecule has 0 unspecified atom stereocenters. The number of nitrogens with one attached hydrogen (secondary N) is 1. The molecule has 2 aliphatic rings. The molecule has 10 heteroatoms. The van der Waals surface area contributed by atoms with Crippen LogP contribution in [0, 0.1) is 5.92 Å². The highest BCUT2D eigenvalue weighted by Crippen LogP contribution is 2.35. The molecule has 2 aliphatic heterocycles. The molecule has 1 aromatic rings. The monoisotopic (exact) mass is 458 g/mol. The summed E-state index contributed by atoms with van der Waals surface area (Å²) in [5.74, 6) is -0.594. The number of rotatable bonds is 8. The Labute approximate surface area is 182 Å². The number of carbonyl (C=O) groups excluding carboxylic acids is 1. The van der Waals surface area contributed by atoms with Crippen molar-refractivity contribution in [2.24, 2.45) is 5.92 Å². The van der Waals surface area contributed by atoms with E-state index in [2.05, 4.69) is 24.3 Å². The van der Waals surface area contributed by atoms with Crippen LogP contribution >= 0.6 is 11.8 Å². The predicted molar refractivity (Wildman–Crippen MR) is 114 cm³/mol. The van der Waals surface area contributed by atoms with Crippen molar-refractivity contribution in [3.63, 3.8) is 0 Å². The molecule has 2 saturated heterocycles. The van der Waals surface area contributed by atoms with Crippen molar-refractivity contribution in [2.45, 2.75) is 41.9 Å². The molecule has 1 aromatic carbocycles. The number of amides is 1. The third-order valence-electron chi connectivity index (χ3n) is 6.00. The van der Waals surface area contributed by atoms with Crippen LogP contribution in [0.5, 0.6) is 0 Å². The molecule has 0 radical (unpaired) electrons. The smallest absolute Gasteiger partial charge is 0.266 e. The summed E-state index contributed by atoms with van der Waals surface area (Å²) in [5.41, 5.74) is 2.67. The molecule has 0 aliphatic carbocycles. The number of sulfonamides is 1. The van der Waals surface area contributed by atoms with E-state index in [9.17, 15) is 13.2 Å². The van der Waals surface area contributed by atoms with Crippen molar-refractivity contribution in [3.8, 4) is 0 Å². The van der Waals surface area contributed by atoms with Crippen LogP contribution in [0.2, 0.25) is 0 Å². The number of benzene rings is 1. The molecule has 30 heavy (non-hydrogen) atoms. The van der Waals surface area contributed by atoms with Crippen molar-refractivity contribution < 1.29 is 27.9 Å². The molecule has 3 rings (SSSR count). The molecule has 1 amide bonds. The second-order valence-corrected chi connectivity index (χ2v) is 10.9. The van der Waals surface area contributed by atoms with E-state index in [1.807, 2.05) is 6.26 Å². The van der Waals surface area contributed by atoms with E-state index in [1.165, 1.54) is 9.20 Å². The summed E-state index contributed by atoms with van der Waals surface area (Å²) >= 11 is 1.70. The maximum atomic E-state index is 13.3. The van der Waals surface area contributed by atoms with Crippen molar-refractivity contribution in [2.75, 3.05) is 39.2 Å². The first kappa shape index (κ1) is 23.5. The Bertz CT molecular complexity index is 801. The molecule has 0 saturated carbocycles. The third kappa shape index (κ3) is 5.00. The Balaban J connectivity index is 1.52. The van der Waals surface area contributed by atoms with Gasteiger partial charge in [0.05, 0.1) is 6.61 Å². The van der Waals surface area contributed by atoms with Crippen LogP contribution in [0.1, 0.15) is 31.2 Å². The molecule has 0 spiro atoms. The third-order valence-corrected chi connectivity index (χ3v) is 9.37. The molecule has 0 bridgehead atoms. The van der Waals surface area contributed by atoms with Crippen LogP contribution in [0.4, 0.5) is 0 Å². The standard InChI is InChI=1S/C20H30N2O6S2/c1-29-18-4-2-16(3-5-18)14-28-15-17-6-10-22(11-7-17)30(25,26)20(19(23)21-24)8-12-27-13-9-20/h2-5,17,24H,6-15H2,1H3,(H,21,23). The molecule has 8 nitrogen and oxygen atoms in total. The molecular weight excluding hydrogens is 428 g/mol. The average Bonchev–Trinajstić information content (AvgIpc) is 2.79. The van der Waals surface area contributed by atoms with E-state index < -0.39 is 20.7 Å². The fraction of sp³-hybridized carbons (Fsp3) is 0.650. The van der Waals surface area contributed by atoms with Gasteiger partial charge in [0.1, 0.15) is 0 Å². The second kappa shape index (κ2) is 10.4. The number of thioether (sulfide) groups is 1. The average molecular weight is 459 g/mol. The Morgan fingerprint density at radius 2 is 1.90 bits per heavy atom. The first-order chi connectivity index (χ1) is 14.4. The Morgan fingerprint density at radius 1 is 1.27 bits per heavy atom. The zero-order valence-corrected chi connectivity index (χ0v) is 18.8. The number of hydrogen-bond acceptors (Lipinski definition) is 7. The van der Waals surface area contributed by atoms with E-state index in [-0.39, 0.29) is 32.0 Å². The summed E-state index contributed by atoms with van der Waals surface area (Å²) in [5, 5.41) is 9.14. The van der Waals surface area contributed by atoms with Gasteiger partial charge >= 0.3 is 0 Å². The Morgan fingerprint density at radius 3 is 2.47 bits per heavy atom. The maximum Gasteiger partial charge on any atom is 0.266 e. The van der Waals surface area contributed by atoms with Crippen molar-refractivity contribution >= 4 is 27.7 Å². The summed E-state index contributed by atoms with van der Waals surface area (Å²) in [4.78, 5) is 13.5. The topological polar surface area (TPSA) is 105 Å². The van der Waals surface area contributed by atoms with Gasteiger partial charge in [0, 0.05) is 50.6 Å². The van der Waals surface area contributed by atoms with Gasteiger partial charge in [-0.25, -0.2) is 18.2 Å². The van der Waals surface area contributed by atoms with Gasteiger partial charge in [0.15, 0.2) is 4.75 Å². The van der Waals surface area contributed by atoms with Crippen LogP contribution in [-0.2, 0) is 30.9 Å². The van der Waals surface area contributed by atoms with Gasteiger partial charge in [-0.1, -0.05) is 12.1 Å². The summed E-state index contributed by atoms with van der Waals surface area (Å²) in [6.45, 7) is 2.16. The lowest BCUT2D eigenvalue weighted by Gasteiger charge is -2.40. The van der Waals surface area contributed by atoms with E-state index in [1.54, 1.807) is 17.2 Å². The summed E-state index contributed by atoms with van der Waals surface area (Å²) in [6.07, 6.45) is 3.48. The molecule has 2 fully saturated rings. The summed E-state index contributed by atoms with van der Waals surface area (Å²) < 4.78 is 37.4. The number of piperidine rings is 1. The zero-order valence-electron chi connectivity index (χ0n) is 17.2. The number of carbonyl (C=O) groups is 1. The normalized spacial score (nSPS) is 20.7. The van der Waals surface area contributed by atoms with E-state index >= 15 is 0 Å². The Hall–Kier alpha value is -1.17. The maximum absolute atomic E-state index is 13.3. The molecular formula is C20H30N2O6S2. The van der Waals surface area contributed by atoms with Crippen molar-refractivity contribution in [3.05, 3.63) is 29.8 Å². The zero-order chi connectivity index (χ0) is 21.6. The van der Waals surface area contributed by atoms with Crippen molar-refractivity contribution in [1.82, 2.24) is 9.79 Å². The first-order valence-electron chi connectivity index (χ1n) is 10.2. The highest BCUT2D eigenvalue weighted by molar-refractivity contribution is 7.98. The van der Waals surface area contributed by atoms with E-state index in [0.29, 0.717) is 39.1 Å². The lowest BCUT2D eigenvalue weighted by Crippen LogP contribution is -2.60. The first-order valence-corrected chi connectivity index (χ1v) is 12.8. The van der Waals surface area contributed by atoms with Gasteiger partial charge < -0.3 is 9.47 Å². The fourth-order valence-corrected chi connectivity index (χ4v) is 6.59. The summed E-state index contributed by atoms with van der Waals surface area (Å²) in [6, 6.07) is 8.25. The molecule has 168 valence electrons. The van der Waals surface area contributed by atoms with Crippen LogP contribution in [0.25, 0.3) is 0 Å². The van der Waals surface area contributed by atoms with Gasteiger partial charge in [-0.05, 0) is 42.7 Å². The largest absolute Gasteiger partial charge is 0.381 e. The number of hydrogen-bond donors (Lipinski definition) is 2. The highest BCUT2D eigenvalue weighted by atomic mass is 32.2. The molecule has 2 N–H and O–H groups in total. The SMILES string of the molecule is CSc1ccc(COCC2CCN(S(=O)(=O)C3(C(=O)NO)CCOCC3)CC2)cc1. The quantitative estimate of drug-likeness (QED) is 0.349. The molecule has 0 atom stereocenters. The number of hydroxylamine groups is 1. The minimum Gasteiger partial charge on any atom is -0.381 e. The van der Waals surface area contributed by atoms with Crippen LogP contribution in [0.15, 0.2) is 29.2 Å². The lowest BCUT2D eigenvalue weighted by atomic mass is 9.98. The second-order valence-electron chi connectivity index (χ2n) is 7.76. The Kier molecular flexibility index (Phi) is 8.17. The van der Waals surface area contributed by atoms with Gasteiger partial charge in [-0.2, -0.15) is 0 Å². The molecule has 0 aromatic heterocycles. The number of nitrogens with zero attached hydrogens (tertiary/aromatic N) is 1. The molecule has 2 heterocycles. The highest BCUT2D eigenvalue weighted by Gasteiger charge is 2.54. The predicted octanol–water partition coefficient (Wildman–Crippen LogP) is 2.02. The van der Waals surface area contributed by atoms with Crippen LogP contribution in [0.3, 0.4) is 0 Å². The van der Waals surface area contributed by atoms with Gasteiger partial charge in [0.2, 0.25) is 10.0 Å². The van der Waals surface area contributed by atoms with Gasteiger partial charge in [-0.3, -0.25) is 10.0 Å². The van der Waals surface area contributed by atoms with Gasteiger partial charge in [0.25, 0.3) is 5.91 Å². The van der Waals surface area contributed by atoms with Crippen LogP contribution in [-0.4, -0.2) is 67.8 Å². The van der Waals surface area contributed by atoms with Crippen LogP contribution < -0.4 is 5.48 Å². The summed E-state index contributed by atoms with van der Waals surface area (Å²) in [7, 11) is -3.91. The van der Waals surface area contributed by atoms with E-state index in [0.717, 1.165) is 5.56 Å². The fourth-order valence-electron chi connectivity index (χ4n) is 4.03. The van der Waals surface area contributed by atoms with Crippen molar-refractivity contribution in [1.29, 1.82) is 0 Å². The lowest BCUT2D eigenvalue weighted by molar-refractivity contribution is -0.134. The minimum atomic E-state index is -3.91. The number of ether oxygens (including phenoxy) is 2. The van der Waals surface area contributed by atoms with E-state index in [4.69, 9.17) is 14.7 Å². The minimum absolute atomic E-state index is 0.0418.